The number of carbonyl (C=O) groups is 1. The highest BCUT2D eigenvalue weighted by atomic mass is 35.5. The molecule has 9 heteroatoms. The summed E-state index contributed by atoms with van der Waals surface area (Å²) in [5.41, 5.74) is 3.54. The minimum atomic E-state index is -0.845. The van der Waals surface area contributed by atoms with Crippen LogP contribution in [-0.2, 0) is 4.74 Å². The molecule has 0 amide bonds. The number of benzene rings is 2. The van der Waals surface area contributed by atoms with Crippen molar-refractivity contribution in [3.8, 4) is 22.2 Å². The number of aromatic nitrogens is 3. The fraction of sp³-hybridized carbons (Fsp3) is 0.200. The molecule has 0 spiro atoms. The molecule has 0 aliphatic rings. The number of aryl methyl sites for hydroxylation is 1. The molecule has 0 atom stereocenters. The van der Waals surface area contributed by atoms with Crippen molar-refractivity contribution in [2.45, 2.75) is 6.92 Å². The molecule has 0 aliphatic heterocycles. The average Bonchev–Trinajstić information content (AvgIpc) is 3.13. The fourth-order valence-corrected chi connectivity index (χ4v) is 3.99. The first kappa shape index (κ1) is 19.4. The topological polar surface area (TPSA) is 83.4 Å². The number of nitrogens with zero attached hydrogens (tertiary/aromatic N) is 3. The summed E-state index contributed by atoms with van der Waals surface area (Å²) in [7, 11) is 1.57. The number of thiazole rings is 1. The number of ether oxygens (including phenoxy) is 3. The first-order valence-corrected chi connectivity index (χ1v) is 9.90. The SMILES string of the molecule is COc1cnc2c(-c3nc4ccc(OCCOC(=O)Cl)cc4s3)cc(C)cc2n1. The molecule has 7 nitrogen and oxygen atoms in total. The van der Waals surface area contributed by atoms with Gasteiger partial charge in [-0.2, -0.15) is 0 Å². The number of halogens is 1. The van der Waals surface area contributed by atoms with Crippen molar-refractivity contribution in [3.63, 3.8) is 0 Å². The second-order valence-corrected chi connectivity index (χ2v) is 7.51. The first-order valence-electron chi connectivity index (χ1n) is 8.71. The van der Waals surface area contributed by atoms with E-state index in [2.05, 4.69) is 20.8 Å². The number of carbonyl (C=O) groups excluding carboxylic acids is 1. The zero-order chi connectivity index (χ0) is 20.4. The van der Waals surface area contributed by atoms with E-state index in [-0.39, 0.29) is 13.2 Å². The molecule has 2 aromatic carbocycles. The Morgan fingerprint density at radius 3 is 2.79 bits per heavy atom. The van der Waals surface area contributed by atoms with Gasteiger partial charge in [0.15, 0.2) is 0 Å². The van der Waals surface area contributed by atoms with Crippen LogP contribution in [0.3, 0.4) is 0 Å². The maximum atomic E-state index is 10.6. The van der Waals surface area contributed by atoms with Gasteiger partial charge in [0.2, 0.25) is 5.88 Å². The van der Waals surface area contributed by atoms with E-state index < -0.39 is 5.43 Å². The Kier molecular flexibility index (Phi) is 5.46. The fourth-order valence-electron chi connectivity index (χ4n) is 2.90. The third kappa shape index (κ3) is 4.23. The predicted octanol–water partition coefficient (Wildman–Crippen LogP) is 4.98. The third-order valence-corrected chi connectivity index (χ3v) is 5.30. The minimum absolute atomic E-state index is 0.0890. The zero-order valence-electron chi connectivity index (χ0n) is 15.6. The molecule has 0 bridgehead atoms. The van der Waals surface area contributed by atoms with Gasteiger partial charge in [0.25, 0.3) is 0 Å². The molecule has 148 valence electrons. The number of rotatable bonds is 6. The number of hydrogen-bond acceptors (Lipinski definition) is 8. The maximum absolute atomic E-state index is 10.6. The van der Waals surface area contributed by atoms with E-state index in [1.54, 1.807) is 24.6 Å². The Hall–Kier alpha value is -2.97. The van der Waals surface area contributed by atoms with Crippen LogP contribution in [0.5, 0.6) is 11.6 Å². The lowest BCUT2D eigenvalue weighted by Crippen LogP contribution is -2.07. The van der Waals surface area contributed by atoms with E-state index >= 15 is 0 Å². The van der Waals surface area contributed by atoms with E-state index in [1.165, 1.54) is 0 Å². The van der Waals surface area contributed by atoms with Gasteiger partial charge in [0.1, 0.15) is 24.0 Å². The summed E-state index contributed by atoms with van der Waals surface area (Å²) in [5, 5.41) is 0.849. The molecule has 4 aromatic rings. The predicted molar refractivity (Wildman–Crippen MR) is 112 cm³/mol. The largest absolute Gasteiger partial charge is 0.490 e. The molecule has 4 rings (SSSR count). The van der Waals surface area contributed by atoms with Crippen molar-refractivity contribution in [2.24, 2.45) is 0 Å². The Labute approximate surface area is 175 Å². The summed E-state index contributed by atoms with van der Waals surface area (Å²) in [4.78, 5) is 24.4. The Morgan fingerprint density at radius 2 is 2.00 bits per heavy atom. The molecule has 0 aliphatic carbocycles. The molecule has 2 heterocycles. The van der Waals surface area contributed by atoms with Crippen LogP contribution < -0.4 is 9.47 Å². The van der Waals surface area contributed by atoms with Gasteiger partial charge in [-0.05, 0) is 42.8 Å². The molecule has 2 aromatic heterocycles. The van der Waals surface area contributed by atoms with Gasteiger partial charge in [-0.15, -0.1) is 11.3 Å². The summed E-state index contributed by atoms with van der Waals surface area (Å²) in [5.74, 6) is 1.14. The van der Waals surface area contributed by atoms with Crippen LogP contribution >= 0.6 is 22.9 Å². The molecule has 29 heavy (non-hydrogen) atoms. The average molecular weight is 430 g/mol. The van der Waals surface area contributed by atoms with Gasteiger partial charge in [-0.3, -0.25) is 0 Å². The van der Waals surface area contributed by atoms with Crippen LogP contribution in [-0.4, -0.2) is 40.7 Å². The van der Waals surface area contributed by atoms with Gasteiger partial charge >= 0.3 is 5.43 Å². The standard InChI is InChI=1S/C20H16ClN3O4S/c1-11-7-13(18-15(8-11)23-17(26-2)10-22-18)19-24-14-4-3-12(9-16(14)29-19)27-5-6-28-20(21)25/h3-4,7-10H,5-6H2,1-2H3. The molecule has 0 radical (unpaired) electrons. The smallest absolute Gasteiger partial charge is 0.403 e. The highest BCUT2D eigenvalue weighted by molar-refractivity contribution is 7.21. The van der Waals surface area contributed by atoms with E-state index in [0.29, 0.717) is 11.6 Å². The van der Waals surface area contributed by atoms with Crippen LogP contribution in [0.15, 0.2) is 36.5 Å². The lowest BCUT2D eigenvalue weighted by Gasteiger charge is -2.06. The van der Waals surface area contributed by atoms with Crippen molar-refractivity contribution < 1.29 is 19.0 Å². The van der Waals surface area contributed by atoms with Gasteiger partial charge in [0.05, 0.1) is 34.6 Å². The van der Waals surface area contributed by atoms with Crippen molar-refractivity contribution in [1.29, 1.82) is 0 Å². The first-order chi connectivity index (χ1) is 14.0. The van der Waals surface area contributed by atoms with Gasteiger partial charge in [0, 0.05) is 17.2 Å². The van der Waals surface area contributed by atoms with Crippen molar-refractivity contribution >= 4 is 49.6 Å². The summed E-state index contributed by atoms with van der Waals surface area (Å²) in [6, 6.07) is 9.66. The third-order valence-electron chi connectivity index (χ3n) is 4.14. The highest BCUT2D eigenvalue weighted by Crippen LogP contribution is 2.36. The van der Waals surface area contributed by atoms with Gasteiger partial charge in [-0.1, -0.05) is 0 Å². The lowest BCUT2D eigenvalue weighted by molar-refractivity contribution is 0.147. The summed E-state index contributed by atoms with van der Waals surface area (Å²) >= 11 is 6.67. The van der Waals surface area contributed by atoms with Crippen LogP contribution in [0.25, 0.3) is 31.8 Å². The number of methoxy groups -OCH3 is 1. The number of hydrogen-bond donors (Lipinski definition) is 0. The van der Waals surface area contributed by atoms with E-state index in [0.717, 1.165) is 37.4 Å². The van der Waals surface area contributed by atoms with Crippen molar-refractivity contribution in [3.05, 3.63) is 42.1 Å². The molecule has 0 N–H and O–H groups in total. The van der Waals surface area contributed by atoms with Crippen molar-refractivity contribution in [2.75, 3.05) is 20.3 Å². The molecular weight excluding hydrogens is 414 g/mol. The van der Waals surface area contributed by atoms with Crippen molar-refractivity contribution in [1.82, 2.24) is 15.0 Å². The molecular formula is C20H16ClN3O4S. The molecule has 0 unspecified atom stereocenters. The summed E-state index contributed by atoms with van der Waals surface area (Å²) in [6.07, 6.45) is 1.61. The van der Waals surface area contributed by atoms with Crippen LogP contribution in [0.2, 0.25) is 0 Å². The Morgan fingerprint density at radius 1 is 1.14 bits per heavy atom. The van der Waals surface area contributed by atoms with Crippen LogP contribution in [0, 0.1) is 6.92 Å². The van der Waals surface area contributed by atoms with Crippen LogP contribution in [0.1, 0.15) is 5.56 Å². The zero-order valence-corrected chi connectivity index (χ0v) is 17.2. The minimum Gasteiger partial charge on any atom is -0.490 e. The summed E-state index contributed by atoms with van der Waals surface area (Å²) < 4.78 is 16.4. The maximum Gasteiger partial charge on any atom is 0.403 e. The quantitative estimate of drug-likeness (QED) is 0.315. The van der Waals surface area contributed by atoms with Crippen LogP contribution in [0.4, 0.5) is 4.79 Å². The Balaban J connectivity index is 1.67. The molecule has 0 saturated carbocycles. The molecule has 0 fully saturated rings. The van der Waals surface area contributed by atoms with E-state index in [1.807, 2.05) is 31.2 Å². The highest BCUT2D eigenvalue weighted by Gasteiger charge is 2.14. The van der Waals surface area contributed by atoms with E-state index in [4.69, 9.17) is 26.1 Å². The second kappa shape index (κ2) is 8.18. The number of fused-ring (bicyclic) bond motifs is 2. The second-order valence-electron chi connectivity index (χ2n) is 6.18. The van der Waals surface area contributed by atoms with Gasteiger partial charge < -0.3 is 14.2 Å². The summed E-state index contributed by atoms with van der Waals surface area (Å²) in [6.45, 7) is 2.32. The normalized spacial score (nSPS) is 11.0. The monoisotopic (exact) mass is 429 g/mol. The van der Waals surface area contributed by atoms with E-state index in [9.17, 15) is 4.79 Å². The molecule has 0 saturated heterocycles. The lowest BCUT2D eigenvalue weighted by atomic mass is 10.1. The van der Waals surface area contributed by atoms with Gasteiger partial charge in [-0.25, -0.2) is 19.7 Å². The Bertz CT molecular complexity index is 1210.